The van der Waals surface area contributed by atoms with Crippen molar-refractivity contribution in [3.63, 3.8) is 0 Å². The molecule has 3 nitrogen and oxygen atoms in total. The minimum atomic E-state index is 0.118. The molecule has 0 aromatic carbocycles. The van der Waals surface area contributed by atoms with Crippen LogP contribution >= 0.6 is 11.3 Å². The van der Waals surface area contributed by atoms with Crippen LogP contribution in [0.4, 0.5) is 0 Å². The number of nitrogens with two attached hydrogens (primary N) is 1. The second-order valence-corrected chi connectivity index (χ2v) is 4.74. The normalized spacial score (nSPS) is 13.5. The van der Waals surface area contributed by atoms with Crippen LogP contribution in [0, 0.1) is 0 Å². The summed E-state index contributed by atoms with van der Waals surface area (Å²) in [6.07, 6.45) is 2.13. The van der Waals surface area contributed by atoms with Crippen LogP contribution in [0.25, 0.3) is 0 Å². The number of rotatable bonds is 5. The highest BCUT2D eigenvalue weighted by molar-refractivity contribution is 7.09. The summed E-state index contributed by atoms with van der Waals surface area (Å²) in [6, 6.07) is 0.118. The predicted octanol–water partition coefficient (Wildman–Crippen LogP) is 2.00. The zero-order chi connectivity index (χ0) is 10.6. The lowest BCUT2D eigenvalue weighted by atomic mass is 10.1. The van der Waals surface area contributed by atoms with Gasteiger partial charge in [-0.25, -0.2) is 4.98 Å². The molecule has 0 aliphatic heterocycles. The van der Waals surface area contributed by atoms with Crippen LogP contribution in [0.3, 0.4) is 0 Å². The smallest absolute Gasteiger partial charge is 0.107 e. The maximum absolute atomic E-state index is 5.98. The monoisotopic (exact) mass is 213 g/mol. The third kappa shape index (κ3) is 3.36. The van der Waals surface area contributed by atoms with Gasteiger partial charge in [-0.1, -0.05) is 13.3 Å². The average molecular weight is 213 g/mol. The van der Waals surface area contributed by atoms with Crippen LogP contribution in [-0.2, 0) is 6.54 Å². The van der Waals surface area contributed by atoms with Crippen molar-refractivity contribution < 1.29 is 0 Å². The van der Waals surface area contributed by atoms with Crippen LogP contribution < -0.4 is 5.73 Å². The molecule has 1 aromatic rings. The number of nitrogens with zero attached hydrogens (tertiary/aromatic N) is 2. The summed E-state index contributed by atoms with van der Waals surface area (Å²) in [6.45, 7) is 3.05. The summed E-state index contributed by atoms with van der Waals surface area (Å²) in [5, 5.41) is 3.23. The molecule has 0 saturated carbocycles. The first kappa shape index (κ1) is 11.6. The first-order valence-corrected chi connectivity index (χ1v) is 5.86. The Bertz CT molecular complexity index is 270. The summed E-state index contributed by atoms with van der Waals surface area (Å²) in [5.74, 6) is 0. The zero-order valence-corrected chi connectivity index (χ0v) is 9.97. The van der Waals surface area contributed by atoms with Gasteiger partial charge in [-0.2, -0.15) is 0 Å². The molecular weight excluding hydrogens is 194 g/mol. The fourth-order valence-electron chi connectivity index (χ4n) is 1.30. The van der Waals surface area contributed by atoms with Gasteiger partial charge < -0.3 is 10.6 Å². The van der Waals surface area contributed by atoms with Crippen molar-refractivity contribution in [3.05, 3.63) is 16.1 Å². The van der Waals surface area contributed by atoms with Crippen molar-refractivity contribution in [3.8, 4) is 0 Å². The van der Waals surface area contributed by atoms with E-state index in [0.717, 1.165) is 30.1 Å². The summed E-state index contributed by atoms with van der Waals surface area (Å²) < 4.78 is 0. The van der Waals surface area contributed by atoms with E-state index < -0.39 is 0 Å². The standard InChI is InChI=1S/C10H19N3S/c1-4-5-8(11)9-7-14-10(12-9)6-13(2)3/h7-8H,4-6,11H2,1-3H3. The Morgan fingerprint density at radius 3 is 2.86 bits per heavy atom. The highest BCUT2D eigenvalue weighted by Gasteiger charge is 2.09. The number of hydrogen-bond acceptors (Lipinski definition) is 4. The molecular formula is C10H19N3S. The Morgan fingerprint density at radius 1 is 1.57 bits per heavy atom. The molecule has 1 unspecified atom stereocenters. The van der Waals surface area contributed by atoms with Gasteiger partial charge in [-0.05, 0) is 20.5 Å². The van der Waals surface area contributed by atoms with E-state index in [9.17, 15) is 0 Å². The second-order valence-electron chi connectivity index (χ2n) is 3.80. The van der Waals surface area contributed by atoms with Gasteiger partial charge in [0.1, 0.15) is 5.01 Å². The Balaban J connectivity index is 2.58. The van der Waals surface area contributed by atoms with Crippen molar-refractivity contribution in [2.24, 2.45) is 5.73 Å². The van der Waals surface area contributed by atoms with E-state index in [2.05, 4.69) is 22.2 Å². The molecule has 14 heavy (non-hydrogen) atoms. The van der Waals surface area contributed by atoms with Crippen LogP contribution in [0.15, 0.2) is 5.38 Å². The van der Waals surface area contributed by atoms with E-state index in [-0.39, 0.29) is 6.04 Å². The molecule has 2 N–H and O–H groups in total. The topological polar surface area (TPSA) is 42.1 Å². The Hall–Kier alpha value is -0.450. The molecule has 4 heteroatoms. The van der Waals surface area contributed by atoms with E-state index in [1.807, 2.05) is 14.1 Å². The molecule has 0 aliphatic rings. The molecule has 1 atom stereocenters. The summed E-state index contributed by atoms with van der Waals surface area (Å²) in [4.78, 5) is 6.64. The summed E-state index contributed by atoms with van der Waals surface area (Å²) in [7, 11) is 4.10. The lowest BCUT2D eigenvalue weighted by Gasteiger charge is -2.07. The van der Waals surface area contributed by atoms with Gasteiger partial charge in [0.05, 0.1) is 5.69 Å². The van der Waals surface area contributed by atoms with Gasteiger partial charge in [0.15, 0.2) is 0 Å². The fraction of sp³-hybridized carbons (Fsp3) is 0.700. The number of hydrogen-bond donors (Lipinski definition) is 1. The first-order valence-electron chi connectivity index (χ1n) is 4.98. The largest absolute Gasteiger partial charge is 0.323 e. The Labute approximate surface area is 89.9 Å². The van der Waals surface area contributed by atoms with Gasteiger partial charge in [0.25, 0.3) is 0 Å². The van der Waals surface area contributed by atoms with Crippen LogP contribution in [0.2, 0.25) is 0 Å². The molecule has 0 bridgehead atoms. The van der Waals surface area contributed by atoms with Crippen LogP contribution in [-0.4, -0.2) is 24.0 Å². The zero-order valence-electron chi connectivity index (χ0n) is 9.16. The SMILES string of the molecule is CCCC(N)c1csc(CN(C)C)n1. The molecule has 0 saturated heterocycles. The van der Waals surface area contributed by atoms with Crippen molar-refractivity contribution in [1.82, 2.24) is 9.88 Å². The summed E-state index contributed by atoms with van der Waals surface area (Å²) in [5.41, 5.74) is 7.03. The third-order valence-electron chi connectivity index (χ3n) is 2.00. The van der Waals surface area contributed by atoms with E-state index >= 15 is 0 Å². The highest BCUT2D eigenvalue weighted by Crippen LogP contribution is 2.19. The third-order valence-corrected chi connectivity index (χ3v) is 2.85. The van der Waals surface area contributed by atoms with E-state index in [1.165, 1.54) is 0 Å². The maximum Gasteiger partial charge on any atom is 0.107 e. The predicted molar refractivity (Wildman–Crippen MR) is 61.3 cm³/mol. The van der Waals surface area contributed by atoms with Crippen LogP contribution in [0.1, 0.15) is 36.5 Å². The average Bonchev–Trinajstić information content (AvgIpc) is 2.52. The van der Waals surface area contributed by atoms with Crippen molar-refractivity contribution >= 4 is 11.3 Å². The number of aromatic nitrogens is 1. The van der Waals surface area contributed by atoms with E-state index in [0.29, 0.717) is 0 Å². The second kappa shape index (κ2) is 5.44. The van der Waals surface area contributed by atoms with Gasteiger partial charge in [0, 0.05) is 18.0 Å². The highest BCUT2D eigenvalue weighted by atomic mass is 32.1. The Morgan fingerprint density at radius 2 is 2.29 bits per heavy atom. The van der Waals surface area contributed by atoms with Crippen molar-refractivity contribution in [2.75, 3.05) is 14.1 Å². The molecule has 0 aliphatic carbocycles. The van der Waals surface area contributed by atoms with Gasteiger partial charge in [-0.15, -0.1) is 11.3 Å². The van der Waals surface area contributed by atoms with Gasteiger partial charge in [0.2, 0.25) is 0 Å². The molecule has 0 fully saturated rings. The molecule has 80 valence electrons. The first-order chi connectivity index (χ1) is 6.63. The van der Waals surface area contributed by atoms with E-state index in [1.54, 1.807) is 11.3 Å². The van der Waals surface area contributed by atoms with Crippen LogP contribution in [0.5, 0.6) is 0 Å². The van der Waals surface area contributed by atoms with Crippen molar-refractivity contribution in [2.45, 2.75) is 32.4 Å². The molecule has 1 rings (SSSR count). The van der Waals surface area contributed by atoms with Crippen molar-refractivity contribution in [1.29, 1.82) is 0 Å². The quantitative estimate of drug-likeness (QED) is 0.813. The maximum atomic E-state index is 5.98. The fourth-order valence-corrected chi connectivity index (χ4v) is 2.27. The van der Waals surface area contributed by atoms with E-state index in [4.69, 9.17) is 5.73 Å². The molecule has 1 heterocycles. The molecule has 0 amide bonds. The lowest BCUT2D eigenvalue weighted by molar-refractivity contribution is 0.401. The Kier molecular flexibility index (Phi) is 4.51. The van der Waals surface area contributed by atoms with Gasteiger partial charge >= 0.3 is 0 Å². The number of thiazole rings is 1. The minimum Gasteiger partial charge on any atom is -0.323 e. The molecule has 0 spiro atoms. The molecule has 0 radical (unpaired) electrons. The summed E-state index contributed by atoms with van der Waals surface area (Å²) >= 11 is 1.70. The lowest BCUT2D eigenvalue weighted by Crippen LogP contribution is -2.12. The minimum absolute atomic E-state index is 0.118. The molecule has 1 aromatic heterocycles. The van der Waals surface area contributed by atoms with Gasteiger partial charge in [-0.3, -0.25) is 0 Å².